The number of likely N-dealkylation sites (N-methyl/N-ethyl adjacent to an activating group) is 1. The summed E-state index contributed by atoms with van der Waals surface area (Å²) in [4.78, 5) is 3.86. The molecule has 0 bridgehead atoms. The van der Waals surface area contributed by atoms with Gasteiger partial charge in [-0.3, -0.25) is 4.98 Å². The average molecular weight is 152 g/mol. The van der Waals surface area contributed by atoms with Crippen LogP contribution in [0.2, 0.25) is 0 Å². The molecule has 0 unspecified atom stereocenters. The first-order chi connectivity index (χ1) is 5.34. The quantitative estimate of drug-likeness (QED) is 0.656. The van der Waals surface area contributed by atoms with Crippen LogP contribution in [-0.4, -0.2) is 23.7 Å². The summed E-state index contributed by atoms with van der Waals surface area (Å²) in [6.07, 6.45) is 2.92. The van der Waals surface area contributed by atoms with E-state index in [1.165, 1.54) is 0 Å². The van der Waals surface area contributed by atoms with E-state index in [1.54, 1.807) is 12.4 Å². The summed E-state index contributed by atoms with van der Waals surface area (Å²) >= 11 is 0. The van der Waals surface area contributed by atoms with Gasteiger partial charge in [-0.05, 0) is 24.7 Å². The molecular weight excluding hydrogens is 140 g/mol. The highest BCUT2D eigenvalue weighted by atomic mass is 16.3. The van der Waals surface area contributed by atoms with E-state index in [1.807, 2.05) is 19.2 Å². The summed E-state index contributed by atoms with van der Waals surface area (Å²) in [6, 6.07) is 3.62. The van der Waals surface area contributed by atoms with Crippen LogP contribution in [0.5, 0.6) is 0 Å². The summed E-state index contributed by atoms with van der Waals surface area (Å²) in [5, 5.41) is 12.3. The van der Waals surface area contributed by atoms with Gasteiger partial charge in [0.15, 0.2) is 0 Å². The largest absolute Gasteiger partial charge is 0.387 e. The van der Waals surface area contributed by atoms with Gasteiger partial charge in [0.1, 0.15) is 0 Å². The van der Waals surface area contributed by atoms with Crippen LogP contribution in [0.15, 0.2) is 24.5 Å². The maximum atomic E-state index is 9.43. The van der Waals surface area contributed by atoms with Gasteiger partial charge in [0.2, 0.25) is 0 Å². The molecule has 0 aliphatic rings. The van der Waals surface area contributed by atoms with Crippen molar-refractivity contribution in [2.75, 3.05) is 13.6 Å². The topological polar surface area (TPSA) is 45.1 Å². The van der Waals surface area contributed by atoms with Gasteiger partial charge >= 0.3 is 0 Å². The third-order valence-electron chi connectivity index (χ3n) is 1.49. The Morgan fingerprint density at radius 2 is 2.18 bits per heavy atom. The molecule has 60 valence electrons. The molecule has 3 nitrogen and oxygen atoms in total. The van der Waals surface area contributed by atoms with Crippen LogP contribution in [-0.2, 0) is 0 Å². The fourth-order valence-corrected chi connectivity index (χ4v) is 0.897. The van der Waals surface area contributed by atoms with Crippen molar-refractivity contribution < 1.29 is 5.11 Å². The lowest BCUT2D eigenvalue weighted by Gasteiger charge is -2.08. The van der Waals surface area contributed by atoms with Gasteiger partial charge in [-0.2, -0.15) is 0 Å². The Kier molecular flexibility index (Phi) is 3.01. The van der Waals surface area contributed by atoms with Gasteiger partial charge in [0.25, 0.3) is 0 Å². The van der Waals surface area contributed by atoms with Gasteiger partial charge in [0.05, 0.1) is 6.10 Å². The minimum absolute atomic E-state index is 0.428. The molecule has 1 heterocycles. The van der Waals surface area contributed by atoms with E-state index in [0.717, 1.165) is 5.56 Å². The minimum Gasteiger partial charge on any atom is -0.387 e. The molecule has 3 heteroatoms. The van der Waals surface area contributed by atoms with E-state index in [0.29, 0.717) is 6.54 Å². The highest BCUT2D eigenvalue weighted by Crippen LogP contribution is 2.08. The maximum absolute atomic E-state index is 9.43. The number of aliphatic hydroxyl groups is 1. The Hall–Kier alpha value is -0.930. The SMILES string of the molecule is CNC[C@H](O)c1ccncc1. The predicted molar refractivity (Wildman–Crippen MR) is 43.1 cm³/mol. The van der Waals surface area contributed by atoms with Crippen LogP contribution in [0, 0.1) is 0 Å². The maximum Gasteiger partial charge on any atom is 0.0915 e. The number of aliphatic hydroxyl groups excluding tert-OH is 1. The van der Waals surface area contributed by atoms with Crippen LogP contribution < -0.4 is 5.32 Å². The summed E-state index contributed by atoms with van der Waals surface area (Å²) in [6.45, 7) is 0.573. The van der Waals surface area contributed by atoms with Gasteiger partial charge in [-0.25, -0.2) is 0 Å². The molecule has 0 saturated carbocycles. The standard InChI is InChI=1S/C8H12N2O/c1-9-6-8(11)7-2-4-10-5-3-7/h2-5,8-9,11H,6H2,1H3/t8-/m0/s1. The fraction of sp³-hybridized carbons (Fsp3) is 0.375. The molecule has 0 radical (unpaired) electrons. The Morgan fingerprint density at radius 1 is 1.55 bits per heavy atom. The molecule has 0 fully saturated rings. The lowest BCUT2D eigenvalue weighted by atomic mass is 10.1. The van der Waals surface area contributed by atoms with Crippen molar-refractivity contribution in [3.05, 3.63) is 30.1 Å². The number of hydrogen-bond donors (Lipinski definition) is 2. The van der Waals surface area contributed by atoms with Crippen molar-refractivity contribution in [3.8, 4) is 0 Å². The Bertz CT molecular complexity index is 201. The summed E-state index contributed by atoms with van der Waals surface area (Å²) in [5.74, 6) is 0. The van der Waals surface area contributed by atoms with E-state index in [-0.39, 0.29) is 0 Å². The number of hydrogen-bond acceptors (Lipinski definition) is 3. The number of pyridine rings is 1. The molecule has 0 spiro atoms. The third-order valence-corrected chi connectivity index (χ3v) is 1.49. The van der Waals surface area contributed by atoms with Crippen molar-refractivity contribution in [1.29, 1.82) is 0 Å². The molecule has 0 saturated heterocycles. The van der Waals surface area contributed by atoms with Crippen molar-refractivity contribution in [3.63, 3.8) is 0 Å². The molecule has 0 aromatic carbocycles. The van der Waals surface area contributed by atoms with Crippen LogP contribution in [0.1, 0.15) is 11.7 Å². The summed E-state index contributed by atoms with van der Waals surface area (Å²) in [7, 11) is 1.81. The van der Waals surface area contributed by atoms with Crippen molar-refractivity contribution in [2.24, 2.45) is 0 Å². The van der Waals surface area contributed by atoms with Gasteiger partial charge < -0.3 is 10.4 Å². The van der Waals surface area contributed by atoms with E-state index >= 15 is 0 Å². The first kappa shape index (κ1) is 8.17. The second-order valence-electron chi connectivity index (χ2n) is 2.35. The second-order valence-corrected chi connectivity index (χ2v) is 2.35. The molecule has 0 aliphatic heterocycles. The van der Waals surface area contributed by atoms with Gasteiger partial charge in [0, 0.05) is 18.9 Å². The number of rotatable bonds is 3. The lowest BCUT2D eigenvalue weighted by Crippen LogP contribution is -2.16. The lowest BCUT2D eigenvalue weighted by molar-refractivity contribution is 0.177. The fourth-order valence-electron chi connectivity index (χ4n) is 0.897. The molecule has 1 rings (SSSR count). The molecule has 0 amide bonds. The summed E-state index contributed by atoms with van der Waals surface area (Å²) < 4.78 is 0. The normalized spacial score (nSPS) is 12.9. The number of nitrogens with one attached hydrogen (secondary N) is 1. The molecule has 2 N–H and O–H groups in total. The van der Waals surface area contributed by atoms with Crippen molar-refractivity contribution >= 4 is 0 Å². The molecular formula is C8H12N2O. The molecule has 1 aromatic heterocycles. The molecule has 11 heavy (non-hydrogen) atoms. The summed E-state index contributed by atoms with van der Waals surface area (Å²) in [5.41, 5.74) is 0.898. The zero-order valence-electron chi connectivity index (χ0n) is 6.49. The van der Waals surface area contributed by atoms with Crippen LogP contribution in [0.3, 0.4) is 0 Å². The Balaban J connectivity index is 2.61. The van der Waals surface area contributed by atoms with Crippen LogP contribution in [0.25, 0.3) is 0 Å². The first-order valence-corrected chi connectivity index (χ1v) is 3.57. The van der Waals surface area contributed by atoms with Crippen LogP contribution in [0.4, 0.5) is 0 Å². The highest BCUT2D eigenvalue weighted by molar-refractivity contribution is 5.12. The molecule has 1 atom stereocenters. The van der Waals surface area contributed by atoms with Crippen molar-refractivity contribution in [1.82, 2.24) is 10.3 Å². The monoisotopic (exact) mass is 152 g/mol. The zero-order valence-corrected chi connectivity index (χ0v) is 6.49. The van der Waals surface area contributed by atoms with Crippen LogP contribution >= 0.6 is 0 Å². The molecule has 0 aliphatic carbocycles. The third kappa shape index (κ3) is 2.29. The number of aromatic nitrogens is 1. The van der Waals surface area contributed by atoms with Crippen molar-refractivity contribution in [2.45, 2.75) is 6.10 Å². The van der Waals surface area contributed by atoms with E-state index in [4.69, 9.17) is 0 Å². The van der Waals surface area contributed by atoms with E-state index in [9.17, 15) is 5.11 Å². The zero-order chi connectivity index (χ0) is 8.10. The average Bonchev–Trinajstić information content (AvgIpc) is 2.07. The minimum atomic E-state index is -0.428. The van der Waals surface area contributed by atoms with Gasteiger partial charge in [-0.1, -0.05) is 0 Å². The van der Waals surface area contributed by atoms with E-state index < -0.39 is 6.10 Å². The Morgan fingerprint density at radius 3 is 2.73 bits per heavy atom. The first-order valence-electron chi connectivity index (χ1n) is 3.57. The predicted octanol–water partition coefficient (Wildman–Crippen LogP) is 0.334. The second kappa shape index (κ2) is 4.05. The molecule has 1 aromatic rings. The highest BCUT2D eigenvalue weighted by Gasteiger charge is 2.03. The Labute approximate surface area is 66.1 Å². The number of nitrogens with zero attached hydrogens (tertiary/aromatic N) is 1. The van der Waals surface area contributed by atoms with Gasteiger partial charge in [-0.15, -0.1) is 0 Å². The smallest absolute Gasteiger partial charge is 0.0915 e. The van der Waals surface area contributed by atoms with E-state index in [2.05, 4.69) is 10.3 Å².